The van der Waals surface area contributed by atoms with Crippen molar-refractivity contribution in [3.63, 3.8) is 0 Å². The Morgan fingerprint density at radius 3 is 2.60 bits per heavy atom. The van der Waals surface area contributed by atoms with Gasteiger partial charge in [-0.25, -0.2) is 0 Å². The quantitative estimate of drug-likeness (QED) is 0.258. The van der Waals surface area contributed by atoms with Gasteiger partial charge in [-0.1, -0.05) is 117 Å². The van der Waals surface area contributed by atoms with Gasteiger partial charge in [-0.3, -0.25) is 0 Å². The lowest BCUT2D eigenvalue weighted by atomic mass is 9.46. The van der Waals surface area contributed by atoms with Crippen LogP contribution in [0.3, 0.4) is 0 Å². The minimum atomic E-state index is -0.0877. The maximum Gasteiger partial charge on any atom is 0.106 e. The molecule has 48 heavy (non-hydrogen) atoms. The largest absolute Gasteiger partial charge is 0.494 e. The van der Waals surface area contributed by atoms with E-state index in [0.29, 0.717) is 29.6 Å². The van der Waals surface area contributed by atoms with Crippen LogP contribution in [-0.2, 0) is 9.47 Å². The summed E-state index contributed by atoms with van der Waals surface area (Å²) in [5, 5.41) is 1.46. The van der Waals surface area contributed by atoms with Gasteiger partial charge in [0.25, 0.3) is 0 Å². The van der Waals surface area contributed by atoms with E-state index >= 15 is 0 Å². The normalized spacial score (nSPS) is 37.4. The molecule has 7 aliphatic rings. The van der Waals surface area contributed by atoms with Gasteiger partial charge in [0.1, 0.15) is 11.9 Å². The zero-order valence-electron chi connectivity index (χ0n) is 27.9. The molecule has 2 aliphatic heterocycles. The summed E-state index contributed by atoms with van der Waals surface area (Å²) in [7, 11) is 0. The van der Waals surface area contributed by atoms with E-state index < -0.39 is 0 Å². The molecule has 1 spiro atoms. The second-order valence-corrected chi connectivity index (χ2v) is 16.5. The molecule has 1 saturated heterocycles. The van der Waals surface area contributed by atoms with E-state index in [-0.39, 0.29) is 29.6 Å². The minimum absolute atomic E-state index is 0.0366. The van der Waals surface area contributed by atoms with Crippen LogP contribution in [0.25, 0.3) is 21.7 Å². The van der Waals surface area contributed by atoms with Crippen LogP contribution in [0.15, 0.2) is 121 Å². The van der Waals surface area contributed by atoms with Crippen LogP contribution < -0.4 is 0 Å². The molecule has 2 aromatic carbocycles. The fourth-order valence-corrected chi connectivity index (χ4v) is 12.0. The number of rotatable bonds is 2. The zero-order chi connectivity index (χ0) is 32.0. The van der Waals surface area contributed by atoms with Gasteiger partial charge in [0.15, 0.2) is 0 Å². The summed E-state index contributed by atoms with van der Waals surface area (Å²) in [6.45, 7) is 4.73. The van der Waals surface area contributed by atoms with Crippen LogP contribution in [0.5, 0.6) is 0 Å². The van der Waals surface area contributed by atoms with Crippen LogP contribution in [0.4, 0.5) is 0 Å². The summed E-state index contributed by atoms with van der Waals surface area (Å²) < 4.78 is 15.9. The van der Waals surface area contributed by atoms with E-state index in [2.05, 4.69) is 129 Å². The summed E-state index contributed by atoms with van der Waals surface area (Å²) in [4.78, 5) is 1.55. The Morgan fingerprint density at radius 2 is 1.69 bits per heavy atom. The standard InChI is InChI=1S/C45H44O2S/c1-27-18-21-35-39(24-27)47-40-25-30(29-11-4-3-5-12-29)19-22-36(40)45(35)34-15-6-7-16-38(34)46-41-26-31(20-23-37(41)45)32-13-9-17-42-43(32)33-14-8-10-28(2)44(33)48-42/h3-9,11-14,17-23,25,27-28,31,34-36,38-40H,10,15-16,24,26H2,1-2H3. The van der Waals surface area contributed by atoms with Crippen LogP contribution in [-0.4, -0.2) is 18.3 Å². The Hall–Kier alpha value is -3.66. The van der Waals surface area contributed by atoms with Crippen molar-refractivity contribution >= 4 is 33.1 Å². The molecular weight excluding hydrogens is 605 g/mol. The Balaban J connectivity index is 1.12. The SMILES string of the molecule is CC1C=CC2C(C1)OC1C=C(c3ccccc3)C=CC1C21C2=C(CC(c3cccc4sc5c(c34)C=CCC5C)C=C2)OC2CC=CCC21. The number of hydrogen-bond donors (Lipinski definition) is 0. The number of allylic oxidation sites excluding steroid dienone is 9. The molecule has 0 N–H and O–H groups in total. The molecule has 2 nitrogen and oxygen atoms in total. The van der Waals surface area contributed by atoms with Crippen molar-refractivity contribution in [3.8, 4) is 0 Å². The lowest BCUT2D eigenvalue weighted by Gasteiger charge is -2.63. The molecule has 3 heteroatoms. The third kappa shape index (κ3) is 4.26. The average Bonchev–Trinajstić information content (AvgIpc) is 3.52. The molecule has 10 atom stereocenters. The fraction of sp³-hybridized carbons (Fsp3) is 0.378. The lowest BCUT2D eigenvalue weighted by Crippen LogP contribution is -2.63. The van der Waals surface area contributed by atoms with E-state index in [4.69, 9.17) is 9.47 Å². The van der Waals surface area contributed by atoms with Crippen molar-refractivity contribution in [2.24, 2.45) is 29.1 Å². The molecule has 3 aromatic rings. The molecule has 10 unspecified atom stereocenters. The van der Waals surface area contributed by atoms with E-state index in [1.807, 2.05) is 11.3 Å². The maximum atomic E-state index is 7.23. The van der Waals surface area contributed by atoms with E-state index in [9.17, 15) is 0 Å². The predicted octanol–water partition coefficient (Wildman–Crippen LogP) is 11.3. The lowest BCUT2D eigenvalue weighted by molar-refractivity contribution is -0.182. The van der Waals surface area contributed by atoms with Gasteiger partial charge < -0.3 is 9.47 Å². The van der Waals surface area contributed by atoms with Crippen molar-refractivity contribution in [2.45, 2.75) is 76.1 Å². The van der Waals surface area contributed by atoms with E-state index in [1.165, 1.54) is 43.7 Å². The third-order valence-electron chi connectivity index (χ3n) is 12.8. The molecule has 242 valence electrons. The first-order valence-electron chi connectivity index (χ1n) is 18.3. The van der Waals surface area contributed by atoms with Gasteiger partial charge >= 0.3 is 0 Å². The summed E-state index contributed by atoms with van der Waals surface area (Å²) in [6, 6.07) is 17.8. The van der Waals surface area contributed by atoms with Crippen LogP contribution in [0.2, 0.25) is 0 Å². The first kappa shape index (κ1) is 29.3. The van der Waals surface area contributed by atoms with Gasteiger partial charge in [-0.05, 0) is 71.1 Å². The minimum Gasteiger partial charge on any atom is -0.494 e. The molecule has 10 rings (SSSR count). The van der Waals surface area contributed by atoms with Crippen LogP contribution in [0, 0.1) is 29.1 Å². The Morgan fingerprint density at radius 1 is 0.792 bits per heavy atom. The number of fused-ring (bicyclic) bond motifs is 10. The highest BCUT2D eigenvalue weighted by Gasteiger charge is 2.64. The van der Waals surface area contributed by atoms with Gasteiger partial charge in [0.05, 0.1) is 12.2 Å². The summed E-state index contributed by atoms with van der Waals surface area (Å²) in [6.07, 6.45) is 32.7. The first-order valence-corrected chi connectivity index (χ1v) is 19.2. The second kappa shape index (κ2) is 11.2. The van der Waals surface area contributed by atoms with Crippen LogP contribution in [0.1, 0.15) is 79.4 Å². The van der Waals surface area contributed by atoms with Crippen LogP contribution >= 0.6 is 11.3 Å². The smallest absolute Gasteiger partial charge is 0.106 e. The van der Waals surface area contributed by atoms with Gasteiger partial charge in [0, 0.05) is 56.9 Å². The number of ether oxygens (including phenoxy) is 2. The molecule has 5 aliphatic carbocycles. The summed E-state index contributed by atoms with van der Waals surface area (Å²) in [5.41, 5.74) is 6.83. The molecule has 0 radical (unpaired) electrons. The Bertz CT molecular complexity index is 2000. The van der Waals surface area contributed by atoms with Crippen molar-refractivity contribution in [1.29, 1.82) is 0 Å². The molecule has 0 amide bonds. The summed E-state index contributed by atoms with van der Waals surface area (Å²) in [5.74, 6) is 3.61. The highest BCUT2D eigenvalue weighted by atomic mass is 32.1. The van der Waals surface area contributed by atoms with E-state index in [1.54, 1.807) is 4.88 Å². The van der Waals surface area contributed by atoms with Crippen molar-refractivity contribution < 1.29 is 9.47 Å². The Labute approximate surface area is 288 Å². The topological polar surface area (TPSA) is 18.5 Å². The highest BCUT2D eigenvalue weighted by molar-refractivity contribution is 7.19. The molecule has 1 aromatic heterocycles. The van der Waals surface area contributed by atoms with Gasteiger partial charge in [0.2, 0.25) is 0 Å². The van der Waals surface area contributed by atoms with Crippen molar-refractivity contribution in [3.05, 3.63) is 142 Å². The molecule has 1 fully saturated rings. The number of benzene rings is 2. The fourth-order valence-electron chi connectivity index (χ4n) is 10.7. The Kier molecular flexibility index (Phi) is 6.82. The molecule has 3 heterocycles. The highest BCUT2D eigenvalue weighted by Crippen LogP contribution is 2.66. The number of hydrogen-bond acceptors (Lipinski definition) is 3. The number of thiophene rings is 1. The molecule has 0 saturated carbocycles. The average molecular weight is 649 g/mol. The predicted molar refractivity (Wildman–Crippen MR) is 199 cm³/mol. The third-order valence-corrected chi connectivity index (χ3v) is 14.2. The second-order valence-electron chi connectivity index (χ2n) is 15.4. The zero-order valence-corrected chi connectivity index (χ0v) is 28.7. The summed E-state index contributed by atoms with van der Waals surface area (Å²) >= 11 is 2.00. The van der Waals surface area contributed by atoms with Gasteiger partial charge in [-0.2, -0.15) is 0 Å². The van der Waals surface area contributed by atoms with Crippen molar-refractivity contribution in [2.75, 3.05) is 0 Å². The van der Waals surface area contributed by atoms with Crippen molar-refractivity contribution in [1.82, 2.24) is 0 Å². The molecular formula is C45H44O2S. The van der Waals surface area contributed by atoms with E-state index in [0.717, 1.165) is 32.1 Å². The maximum absolute atomic E-state index is 7.23. The first-order chi connectivity index (χ1) is 23.6. The monoisotopic (exact) mass is 648 g/mol. The molecule has 0 bridgehead atoms. The van der Waals surface area contributed by atoms with Gasteiger partial charge in [-0.15, -0.1) is 11.3 Å².